The van der Waals surface area contributed by atoms with Crippen LogP contribution >= 0.6 is 11.6 Å². The predicted molar refractivity (Wildman–Crippen MR) is 74.3 cm³/mol. The first-order chi connectivity index (χ1) is 9.95. The van der Waals surface area contributed by atoms with Gasteiger partial charge in [0.2, 0.25) is 0 Å². The molecule has 1 N–H and O–H groups in total. The lowest BCUT2D eigenvalue weighted by Gasteiger charge is -2.12. The molecule has 21 heavy (non-hydrogen) atoms. The summed E-state index contributed by atoms with van der Waals surface area (Å²) in [6, 6.07) is 3.81. The van der Waals surface area contributed by atoms with Gasteiger partial charge in [0.15, 0.2) is 0 Å². The van der Waals surface area contributed by atoms with E-state index in [0.29, 0.717) is 18.3 Å². The second-order valence-corrected chi connectivity index (χ2v) is 5.48. The van der Waals surface area contributed by atoms with Gasteiger partial charge < -0.3 is 9.88 Å². The van der Waals surface area contributed by atoms with Gasteiger partial charge in [0.05, 0.1) is 34.8 Å². The Morgan fingerprint density at radius 1 is 1.33 bits per heavy atom. The van der Waals surface area contributed by atoms with Crippen LogP contribution in [0.4, 0.5) is 18.9 Å². The van der Waals surface area contributed by atoms with Crippen LogP contribution in [0.5, 0.6) is 0 Å². The molecule has 0 bridgehead atoms. The summed E-state index contributed by atoms with van der Waals surface area (Å²) in [6.07, 6.45) is 1.44. The number of hydrogen-bond donors (Lipinski definition) is 1. The molecule has 1 aliphatic carbocycles. The zero-order valence-electron chi connectivity index (χ0n) is 11.0. The van der Waals surface area contributed by atoms with Crippen LogP contribution in [-0.2, 0) is 12.7 Å². The second-order valence-electron chi connectivity index (χ2n) is 5.07. The van der Waals surface area contributed by atoms with E-state index in [-0.39, 0.29) is 5.02 Å². The Morgan fingerprint density at radius 3 is 2.71 bits per heavy atom. The first-order valence-corrected chi connectivity index (χ1v) is 6.94. The van der Waals surface area contributed by atoms with Gasteiger partial charge in [-0.15, -0.1) is 0 Å². The first kappa shape index (κ1) is 14.3. The van der Waals surface area contributed by atoms with Gasteiger partial charge in [0, 0.05) is 12.2 Å². The third-order valence-electron chi connectivity index (χ3n) is 3.44. The van der Waals surface area contributed by atoms with E-state index >= 15 is 0 Å². The summed E-state index contributed by atoms with van der Waals surface area (Å²) in [6.45, 7) is 0.474. The summed E-state index contributed by atoms with van der Waals surface area (Å²) in [5, 5.41) is 3.11. The normalized spacial score (nSPS) is 15.2. The number of nitrogens with zero attached hydrogens (tertiary/aromatic N) is 2. The Bertz CT molecular complexity index is 647. The maximum absolute atomic E-state index is 12.6. The lowest BCUT2D eigenvalue weighted by molar-refractivity contribution is -0.137. The van der Waals surface area contributed by atoms with E-state index in [1.54, 1.807) is 12.5 Å². The monoisotopic (exact) mass is 315 g/mol. The Hall–Kier alpha value is -1.69. The van der Waals surface area contributed by atoms with Crippen molar-refractivity contribution < 1.29 is 13.2 Å². The molecule has 2 aromatic rings. The fraction of sp³-hybridized carbons (Fsp3) is 0.357. The van der Waals surface area contributed by atoms with Gasteiger partial charge in [-0.05, 0) is 31.0 Å². The highest BCUT2D eigenvalue weighted by Gasteiger charge is 2.31. The molecule has 1 aromatic heterocycles. The molecule has 112 valence electrons. The zero-order chi connectivity index (χ0) is 15.0. The minimum atomic E-state index is -4.38. The molecule has 0 amide bonds. The SMILES string of the molecule is FC(F)(F)c1ccc(NCc2cncn2C2CC2)c(Cl)c1. The van der Waals surface area contributed by atoms with Crippen molar-refractivity contribution in [1.29, 1.82) is 0 Å². The van der Waals surface area contributed by atoms with Crippen molar-refractivity contribution >= 4 is 17.3 Å². The summed E-state index contributed by atoms with van der Waals surface area (Å²) in [4.78, 5) is 4.11. The highest BCUT2D eigenvalue weighted by molar-refractivity contribution is 6.33. The summed E-state index contributed by atoms with van der Waals surface area (Å²) < 4.78 is 39.8. The quantitative estimate of drug-likeness (QED) is 0.900. The predicted octanol–water partition coefficient (Wildman–Crippen LogP) is 4.50. The molecule has 0 spiro atoms. The Kier molecular flexibility index (Phi) is 3.57. The molecule has 1 fully saturated rings. The van der Waals surface area contributed by atoms with Gasteiger partial charge in [0.1, 0.15) is 0 Å². The molecule has 0 aliphatic heterocycles. The van der Waals surface area contributed by atoms with Crippen molar-refractivity contribution in [3.8, 4) is 0 Å². The first-order valence-electron chi connectivity index (χ1n) is 6.56. The molecule has 1 saturated carbocycles. The van der Waals surface area contributed by atoms with Gasteiger partial charge in [0.25, 0.3) is 0 Å². The Labute approximate surface area is 124 Å². The minimum absolute atomic E-state index is 0.0577. The highest BCUT2D eigenvalue weighted by atomic mass is 35.5. The van der Waals surface area contributed by atoms with E-state index in [4.69, 9.17) is 11.6 Å². The number of alkyl halides is 3. The fourth-order valence-electron chi connectivity index (χ4n) is 2.17. The van der Waals surface area contributed by atoms with E-state index in [9.17, 15) is 13.2 Å². The van der Waals surface area contributed by atoms with Crippen LogP contribution in [0, 0.1) is 0 Å². The molecule has 0 radical (unpaired) electrons. The number of aromatic nitrogens is 2. The van der Waals surface area contributed by atoms with Crippen LogP contribution in [-0.4, -0.2) is 9.55 Å². The van der Waals surface area contributed by atoms with Crippen LogP contribution in [0.2, 0.25) is 5.02 Å². The third-order valence-corrected chi connectivity index (χ3v) is 3.76. The smallest absolute Gasteiger partial charge is 0.378 e. The zero-order valence-corrected chi connectivity index (χ0v) is 11.7. The van der Waals surface area contributed by atoms with E-state index < -0.39 is 11.7 Å². The molecule has 1 aromatic carbocycles. The number of nitrogens with one attached hydrogen (secondary N) is 1. The maximum atomic E-state index is 12.6. The summed E-state index contributed by atoms with van der Waals surface area (Å²) in [5.74, 6) is 0. The molecule has 3 rings (SSSR count). The number of anilines is 1. The molecule has 1 heterocycles. The summed E-state index contributed by atoms with van der Waals surface area (Å²) in [5.41, 5.74) is 0.725. The van der Waals surface area contributed by atoms with Crippen LogP contribution in [0.25, 0.3) is 0 Å². The van der Waals surface area contributed by atoms with Gasteiger partial charge in [-0.25, -0.2) is 4.98 Å². The molecule has 1 aliphatic rings. The lowest BCUT2D eigenvalue weighted by atomic mass is 10.2. The molecule has 0 atom stereocenters. The number of imidazole rings is 1. The third kappa shape index (κ3) is 3.15. The van der Waals surface area contributed by atoms with Crippen molar-refractivity contribution in [3.63, 3.8) is 0 Å². The number of benzene rings is 1. The van der Waals surface area contributed by atoms with Crippen LogP contribution in [0.1, 0.15) is 30.1 Å². The van der Waals surface area contributed by atoms with Gasteiger partial charge in [-0.1, -0.05) is 11.6 Å². The average Bonchev–Trinajstić information content (AvgIpc) is 3.15. The molecule has 7 heteroatoms. The lowest BCUT2D eigenvalue weighted by Crippen LogP contribution is -2.08. The number of rotatable bonds is 4. The van der Waals surface area contributed by atoms with E-state index in [2.05, 4.69) is 14.9 Å². The van der Waals surface area contributed by atoms with Crippen molar-refractivity contribution in [1.82, 2.24) is 9.55 Å². The number of hydrogen-bond acceptors (Lipinski definition) is 2. The maximum Gasteiger partial charge on any atom is 0.416 e. The topological polar surface area (TPSA) is 29.9 Å². The molecule has 3 nitrogen and oxygen atoms in total. The Morgan fingerprint density at radius 2 is 2.10 bits per heavy atom. The second kappa shape index (κ2) is 5.26. The highest BCUT2D eigenvalue weighted by Crippen LogP contribution is 2.36. The van der Waals surface area contributed by atoms with Crippen molar-refractivity contribution in [3.05, 3.63) is 47.0 Å². The Balaban J connectivity index is 1.72. The molecular weight excluding hydrogens is 303 g/mol. The van der Waals surface area contributed by atoms with Crippen LogP contribution in [0.3, 0.4) is 0 Å². The summed E-state index contributed by atoms with van der Waals surface area (Å²) in [7, 11) is 0. The largest absolute Gasteiger partial charge is 0.416 e. The average molecular weight is 316 g/mol. The van der Waals surface area contributed by atoms with Crippen molar-refractivity contribution in [2.45, 2.75) is 31.6 Å². The van der Waals surface area contributed by atoms with E-state index in [1.165, 1.54) is 6.07 Å². The van der Waals surface area contributed by atoms with Gasteiger partial charge >= 0.3 is 6.18 Å². The molecule has 0 unspecified atom stereocenters. The summed E-state index contributed by atoms with van der Waals surface area (Å²) >= 11 is 5.91. The van der Waals surface area contributed by atoms with E-state index in [1.807, 2.05) is 0 Å². The number of halogens is 4. The molecular formula is C14H13ClF3N3. The van der Waals surface area contributed by atoms with Crippen LogP contribution < -0.4 is 5.32 Å². The van der Waals surface area contributed by atoms with Gasteiger partial charge in [-0.2, -0.15) is 13.2 Å². The van der Waals surface area contributed by atoms with Crippen LogP contribution in [0.15, 0.2) is 30.7 Å². The standard InChI is InChI=1S/C14H13ClF3N3/c15-12-5-9(14(16,17)18)1-4-13(12)20-7-11-6-19-8-21(11)10-2-3-10/h1,4-6,8,10,20H,2-3,7H2. The minimum Gasteiger partial charge on any atom is -0.378 e. The van der Waals surface area contributed by atoms with Gasteiger partial charge in [-0.3, -0.25) is 0 Å². The fourth-order valence-corrected chi connectivity index (χ4v) is 2.42. The van der Waals surface area contributed by atoms with E-state index in [0.717, 1.165) is 30.7 Å². The van der Waals surface area contributed by atoms with Crippen molar-refractivity contribution in [2.75, 3.05) is 5.32 Å². The van der Waals surface area contributed by atoms with Crippen molar-refractivity contribution in [2.24, 2.45) is 0 Å². The molecule has 0 saturated heterocycles.